The predicted octanol–water partition coefficient (Wildman–Crippen LogP) is 1.18. The number of aromatic nitrogens is 1. The Morgan fingerprint density at radius 1 is 1.28 bits per heavy atom. The number of ether oxygens (including phenoxy) is 1. The van der Waals surface area contributed by atoms with Gasteiger partial charge in [-0.3, -0.25) is 13.9 Å². The Morgan fingerprint density at radius 2 is 2.08 bits per heavy atom. The van der Waals surface area contributed by atoms with Crippen LogP contribution in [0, 0.1) is 0 Å². The summed E-state index contributed by atoms with van der Waals surface area (Å²) in [7, 11) is -1.88. The molecule has 3 rings (SSSR count). The predicted molar refractivity (Wildman–Crippen MR) is 93.8 cm³/mol. The molecule has 132 valence electrons. The molecule has 1 saturated heterocycles. The monoisotopic (exact) mass is 363 g/mol. The molecule has 2 heterocycles. The molecule has 0 saturated carbocycles. The second-order valence-corrected chi connectivity index (χ2v) is 7.54. The average Bonchev–Trinajstić information content (AvgIpc) is 2.94. The standard InChI is InChI=1S/C16H17N3O5S/c1-24-14-9-12(18-16(21)11-3-6-15(20)17-10-11)4-5-13(14)19-7-2-8-25(19,22)23/h3-6,9-10H,2,7-8H2,1H3,(H,17,20)(H,18,21). The summed E-state index contributed by atoms with van der Waals surface area (Å²) in [5.41, 5.74) is 0.898. The van der Waals surface area contributed by atoms with Crippen LogP contribution >= 0.6 is 0 Å². The Bertz CT molecular complexity index is 947. The maximum absolute atomic E-state index is 12.2. The molecule has 0 unspecified atom stereocenters. The number of rotatable bonds is 4. The highest BCUT2D eigenvalue weighted by Crippen LogP contribution is 2.35. The number of nitrogens with one attached hydrogen (secondary N) is 2. The number of nitrogens with zero attached hydrogens (tertiary/aromatic N) is 1. The largest absolute Gasteiger partial charge is 0.494 e. The first-order valence-corrected chi connectivity index (χ1v) is 9.20. The van der Waals surface area contributed by atoms with Crippen LogP contribution in [0.4, 0.5) is 11.4 Å². The fourth-order valence-electron chi connectivity index (χ4n) is 2.63. The maximum Gasteiger partial charge on any atom is 0.257 e. The van der Waals surface area contributed by atoms with E-state index in [2.05, 4.69) is 10.3 Å². The lowest BCUT2D eigenvalue weighted by molar-refractivity contribution is 0.102. The third-order valence-corrected chi connectivity index (χ3v) is 5.71. The molecule has 0 atom stereocenters. The SMILES string of the molecule is COc1cc(NC(=O)c2ccc(=O)[nH]c2)ccc1N1CCCS1(=O)=O. The van der Waals surface area contributed by atoms with Gasteiger partial charge in [0.15, 0.2) is 0 Å². The summed E-state index contributed by atoms with van der Waals surface area (Å²) in [6, 6.07) is 7.44. The Balaban J connectivity index is 1.85. The van der Waals surface area contributed by atoms with Crippen molar-refractivity contribution >= 4 is 27.3 Å². The van der Waals surface area contributed by atoms with Crippen LogP contribution in [0.2, 0.25) is 0 Å². The molecule has 25 heavy (non-hydrogen) atoms. The summed E-state index contributed by atoms with van der Waals surface area (Å²) in [6.07, 6.45) is 1.89. The molecule has 2 aromatic rings. The molecule has 0 spiro atoms. The highest BCUT2D eigenvalue weighted by atomic mass is 32.2. The van der Waals surface area contributed by atoms with Crippen molar-refractivity contribution in [3.05, 3.63) is 52.4 Å². The minimum Gasteiger partial charge on any atom is -0.494 e. The molecule has 0 radical (unpaired) electrons. The highest BCUT2D eigenvalue weighted by Gasteiger charge is 2.30. The molecule has 9 heteroatoms. The Morgan fingerprint density at radius 3 is 2.68 bits per heavy atom. The third-order valence-electron chi connectivity index (χ3n) is 3.85. The van der Waals surface area contributed by atoms with Gasteiger partial charge in [0.1, 0.15) is 5.75 Å². The van der Waals surface area contributed by atoms with Gasteiger partial charge in [-0.1, -0.05) is 0 Å². The van der Waals surface area contributed by atoms with E-state index in [1.54, 1.807) is 18.2 Å². The number of sulfonamides is 1. The van der Waals surface area contributed by atoms with Gasteiger partial charge in [0.2, 0.25) is 15.6 Å². The number of aromatic amines is 1. The summed E-state index contributed by atoms with van der Waals surface area (Å²) >= 11 is 0. The van der Waals surface area contributed by atoms with E-state index in [1.807, 2.05) is 0 Å². The number of H-pyrrole nitrogens is 1. The third kappa shape index (κ3) is 3.50. The van der Waals surface area contributed by atoms with Gasteiger partial charge in [0.25, 0.3) is 5.91 Å². The van der Waals surface area contributed by atoms with E-state index in [1.165, 1.54) is 29.7 Å². The molecular formula is C16H17N3O5S. The lowest BCUT2D eigenvalue weighted by Gasteiger charge is -2.20. The van der Waals surface area contributed by atoms with Crippen molar-refractivity contribution in [2.75, 3.05) is 29.0 Å². The van der Waals surface area contributed by atoms with E-state index in [0.29, 0.717) is 35.7 Å². The summed E-state index contributed by atoms with van der Waals surface area (Å²) < 4.78 is 30.8. The number of pyridine rings is 1. The van der Waals surface area contributed by atoms with Crippen LogP contribution in [-0.2, 0) is 10.0 Å². The average molecular weight is 363 g/mol. The molecule has 2 N–H and O–H groups in total. The lowest BCUT2D eigenvalue weighted by Crippen LogP contribution is -2.25. The van der Waals surface area contributed by atoms with Crippen LogP contribution in [-0.4, -0.2) is 38.7 Å². The molecule has 0 aliphatic carbocycles. The molecule has 1 aliphatic heterocycles. The molecule has 1 amide bonds. The van der Waals surface area contributed by atoms with Crippen LogP contribution in [0.3, 0.4) is 0 Å². The summed E-state index contributed by atoms with van der Waals surface area (Å²) in [5, 5.41) is 2.68. The molecular weight excluding hydrogens is 346 g/mol. The molecule has 8 nitrogen and oxygen atoms in total. The van der Waals surface area contributed by atoms with E-state index >= 15 is 0 Å². The number of carbonyl (C=O) groups is 1. The topological polar surface area (TPSA) is 109 Å². The lowest BCUT2D eigenvalue weighted by atomic mass is 10.2. The van der Waals surface area contributed by atoms with Crippen LogP contribution < -0.4 is 19.9 Å². The Labute approximate surface area is 144 Å². The van der Waals surface area contributed by atoms with Crippen molar-refractivity contribution in [3.8, 4) is 5.75 Å². The van der Waals surface area contributed by atoms with Crippen molar-refractivity contribution in [1.82, 2.24) is 4.98 Å². The van der Waals surface area contributed by atoms with Crippen molar-refractivity contribution in [1.29, 1.82) is 0 Å². The van der Waals surface area contributed by atoms with E-state index < -0.39 is 15.9 Å². The number of hydrogen-bond acceptors (Lipinski definition) is 5. The number of anilines is 2. The van der Waals surface area contributed by atoms with Gasteiger partial charge in [-0.25, -0.2) is 8.42 Å². The quantitative estimate of drug-likeness (QED) is 0.848. The summed E-state index contributed by atoms with van der Waals surface area (Å²) in [5.74, 6) is 0.0607. The van der Waals surface area contributed by atoms with Gasteiger partial charge < -0.3 is 15.0 Å². The fraction of sp³-hybridized carbons (Fsp3) is 0.250. The van der Waals surface area contributed by atoms with Gasteiger partial charge in [-0.2, -0.15) is 0 Å². The minimum atomic E-state index is -3.32. The smallest absolute Gasteiger partial charge is 0.257 e. The zero-order chi connectivity index (χ0) is 18.0. The van der Waals surface area contributed by atoms with Gasteiger partial charge >= 0.3 is 0 Å². The number of hydrogen-bond donors (Lipinski definition) is 2. The van der Waals surface area contributed by atoms with Gasteiger partial charge in [0, 0.05) is 30.6 Å². The number of amides is 1. The van der Waals surface area contributed by atoms with E-state index in [4.69, 9.17) is 4.74 Å². The molecule has 1 aliphatic rings. The van der Waals surface area contributed by atoms with Gasteiger partial charge in [-0.05, 0) is 24.6 Å². The Kier molecular flexibility index (Phi) is 4.49. The van der Waals surface area contributed by atoms with E-state index in [9.17, 15) is 18.0 Å². The van der Waals surface area contributed by atoms with Crippen LogP contribution in [0.5, 0.6) is 5.75 Å². The first-order chi connectivity index (χ1) is 11.9. The molecule has 1 aromatic carbocycles. The molecule has 0 bridgehead atoms. The number of benzene rings is 1. The molecule has 1 aromatic heterocycles. The highest BCUT2D eigenvalue weighted by molar-refractivity contribution is 7.93. The van der Waals surface area contributed by atoms with Crippen molar-refractivity contribution in [2.45, 2.75) is 6.42 Å². The summed E-state index contributed by atoms with van der Waals surface area (Å²) in [4.78, 5) is 25.7. The number of methoxy groups -OCH3 is 1. The second kappa shape index (κ2) is 6.60. The van der Waals surface area contributed by atoms with Crippen LogP contribution in [0.25, 0.3) is 0 Å². The number of carbonyl (C=O) groups excluding carboxylic acids is 1. The zero-order valence-corrected chi connectivity index (χ0v) is 14.3. The molecule has 1 fully saturated rings. The van der Waals surface area contributed by atoms with Crippen molar-refractivity contribution in [2.24, 2.45) is 0 Å². The fourth-order valence-corrected chi connectivity index (χ4v) is 4.20. The summed E-state index contributed by atoms with van der Waals surface area (Å²) in [6.45, 7) is 0.405. The maximum atomic E-state index is 12.2. The van der Waals surface area contributed by atoms with E-state index in [-0.39, 0.29) is 11.3 Å². The zero-order valence-electron chi connectivity index (χ0n) is 13.5. The van der Waals surface area contributed by atoms with Crippen LogP contribution in [0.1, 0.15) is 16.8 Å². The first kappa shape index (κ1) is 17.0. The van der Waals surface area contributed by atoms with Gasteiger partial charge in [0.05, 0.1) is 24.1 Å². The minimum absolute atomic E-state index is 0.112. The van der Waals surface area contributed by atoms with Crippen LogP contribution in [0.15, 0.2) is 41.3 Å². The Hall–Kier alpha value is -2.81. The van der Waals surface area contributed by atoms with E-state index in [0.717, 1.165) is 0 Å². The normalized spacial score (nSPS) is 15.8. The van der Waals surface area contributed by atoms with Crippen molar-refractivity contribution in [3.63, 3.8) is 0 Å². The first-order valence-electron chi connectivity index (χ1n) is 7.59. The second-order valence-electron chi connectivity index (χ2n) is 5.52. The van der Waals surface area contributed by atoms with Gasteiger partial charge in [-0.15, -0.1) is 0 Å². The van der Waals surface area contributed by atoms with Crippen molar-refractivity contribution < 1.29 is 17.9 Å².